The Kier molecular flexibility index (Phi) is 8.33. The molecule has 0 radical (unpaired) electrons. The lowest BCUT2D eigenvalue weighted by molar-refractivity contribution is -0.134. The van der Waals surface area contributed by atoms with Crippen molar-refractivity contribution in [3.8, 4) is 5.75 Å². The third-order valence-corrected chi connectivity index (χ3v) is 8.68. The van der Waals surface area contributed by atoms with Gasteiger partial charge in [0.1, 0.15) is 11.9 Å². The van der Waals surface area contributed by atoms with Gasteiger partial charge in [0, 0.05) is 44.0 Å². The van der Waals surface area contributed by atoms with Crippen LogP contribution in [0.2, 0.25) is 0 Å². The monoisotopic (exact) mass is 543 g/mol. The van der Waals surface area contributed by atoms with Crippen molar-refractivity contribution < 1.29 is 31.5 Å². The molecule has 14 heteroatoms. The minimum Gasteiger partial charge on any atom is -0.488 e. The fraction of sp³-hybridized carbons (Fsp3) is 0.545. The fourth-order valence-electron chi connectivity index (χ4n) is 3.83. The lowest BCUT2D eigenvalue weighted by Gasteiger charge is -2.33. The van der Waals surface area contributed by atoms with E-state index < -0.39 is 32.2 Å². The van der Waals surface area contributed by atoms with E-state index in [4.69, 9.17) is 4.74 Å². The highest BCUT2D eigenvalue weighted by Crippen LogP contribution is 2.30. The first-order chi connectivity index (χ1) is 16.7. The number of rotatable bonds is 8. The topological polar surface area (TPSA) is 151 Å². The molecule has 1 aromatic carbocycles. The van der Waals surface area contributed by atoms with Gasteiger partial charge in [0.25, 0.3) is 10.0 Å². The van der Waals surface area contributed by atoms with Crippen LogP contribution in [0.25, 0.3) is 0 Å². The molecule has 0 spiro atoms. The number of ether oxygens (including phenoxy) is 1. The summed E-state index contributed by atoms with van der Waals surface area (Å²) in [4.78, 5) is 18.7. The molecule has 12 nitrogen and oxygen atoms in total. The SMILES string of the molecule is C[C@H]1CN([C@@H](C)CO)C(=O)Cc2cc(NS(=O)(=O)c3cn(C)cn3)ccc2O[C@H]1CN(C)S(C)(=O)=O. The van der Waals surface area contributed by atoms with Crippen LogP contribution in [0.4, 0.5) is 5.69 Å². The summed E-state index contributed by atoms with van der Waals surface area (Å²) in [7, 11) is -4.34. The smallest absolute Gasteiger partial charge is 0.280 e. The molecule has 3 rings (SSSR count). The first-order valence-corrected chi connectivity index (χ1v) is 14.7. The molecule has 0 saturated carbocycles. The number of benzene rings is 1. The van der Waals surface area contributed by atoms with E-state index in [9.17, 15) is 26.7 Å². The van der Waals surface area contributed by atoms with Crippen LogP contribution in [0.1, 0.15) is 19.4 Å². The number of imidazole rings is 1. The number of carbonyl (C=O) groups excluding carboxylic acids is 1. The average molecular weight is 544 g/mol. The van der Waals surface area contributed by atoms with Crippen LogP contribution in [-0.2, 0) is 38.3 Å². The van der Waals surface area contributed by atoms with E-state index in [0.29, 0.717) is 11.3 Å². The van der Waals surface area contributed by atoms with Gasteiger partial charge in [-0.1, -0.05) is 6.92 Å². The predicted molar refractivity (Wildman–Crippen MR) is 133 cm³/mol. The van der Waals surface area contributed by atoms with E-state index in [1.807, 2.05) is 6.92 Å². The van der Waals surface area contributed by atoms with Crippen LogP contribution < -0.4 is 9.46 Å². The molecule has 3 atom stereocenters. The summed E-state index contributed by atoms with van der Waals surface area (Å²) in [5.74, 6) is -0.197. The van der Waals surface area contributed by atoms with Gasteiger partial charge in [-0.25, -0.2) is 17.7 Å². The number of aliphatic hydroxyl groups excluding tert-OH is 1. The minimum absolute atomic E-state index is 0.0447. The Morgan fingerprint density at radius 2 is 2.00 bits per heavy atom. The Morgan fingerprint density at radius 3 is 2.58 bits per heavy atom. The second-order valence-corrected chi connectivity index (χ2v) is 13.0. The number of carbonyl (C=O) groups is 1. The van der Waals surface area contributed by atoms with Crippen molar-refractivity contribution >= 4 is 31.6 Å². The van der Waals surface area contributed by atoms with Gasteiger partial charge < -0.3 is 19.3 Å². The van der Waals surface area contributed by atoms with Crippen molar-refractivity contribution in [3.05, 3.63) is 36.3 Å². The Labute approximate surface area is 212 Å². The normalized spacial score (nSPS) is 20.2. The van der Waals surface area contributed by atoms with E-state index in [-0.39, 0.29) is 48.7 Å². The molecule has 2 N–H and O–H groups in total. The molecule has 200 valence electrons. The molecule has 1 amide bonds. The number of hydrogen-bond donors (Lipinski definition) is 2. The van der Waals surface area contributed by atoms with Crippen LogP contribution in [0.5, 0.6) is 5.75 Å². The number of anilines is 1. The van der Waals surface area contributed by atoms with Crippen molar-refractivity contribution in [2.45, 2.75) is 37.4 Å². The molecule has 0 bridgehead atoms. The van der Waals surface area contributed by atoms with E-state index in [0.717, 1.165) is 6.26 Å². The number of aromatic nitrogens is 2. The Morgan fingerprint density at radius 1 is 1.31 bits per heavy atom. The molecule has 1 aliphatic heterocycles. The van der Waals surface area contributed by atoms with Crippen molar-refractivity contribution in [1.29, 1.82) is 0 Å². The molecule has 1 aliphatic rings. The molecular formula is C22H33N5O7S2. The lowest BCUT2D eigenvalue weighted by Crippen LogP contribution is -2.48. The second kappa shape index (κ2) is 10.7. The fourth-order valence-corrected chi connectivity index (χ4v) is 5.29. The van der Waals surface area contributed by atoms with E-state index in [2.05, 4.69) is 9.71 Å². The quantitative estimate of drug-likeness (QED) is 0.481. The summed E-state index contributed by atoms with van der Waals surface area (Å²) in [5, 5.41) is 9.57. The maximum absolute atomic E-state index is 13.2. The zero-order valence-corrected chi connectivity index (χ0v) is 22.6. The number of hydrogen-bond acceptors (Lipinski definition) is 8. The first kappa shape index (κ1) is 27.9. The van der Waals surface area contributed by atoms with Gasteiger partial charge in [0.15, 0.2) is 5.03 Å². The zero-order chi connectivity index (χ0) is 26.8. The molecule has 0 fully saturated rings. The third-order valence-electron chi connectivity index (χ3n) is 6.13. The predicted octanol–water partition coefficient (Wildman–Crippen LogP) is 0.261. The molecule has 36 heavy (non-hydrogen) atoms. The van der Waals surface area contributed by atoms with Gasteiger partial charge in [0.05, 0.1) is 38.2 Å². The van der Waals surface area contributed by atoms with Gasteiger partial charge >= 0.3 is 0 Å². The first-order valence-electron chi connectivity index (χ1n) is 11.3. The number of nitrogens with one attached hydrogen (secondary N) is 1. The molecular weight excluding hydrogens is 510 g/mol. The van der Waals surface area contributed by atoms with Crippen LogP contribution in [0.15, 0.2) is 35.7 Å². The van der Waals surface area contributed by atoms with E-state index in [1.165, 1.54) is 40.6 Å². The van der Waals surface area contributed by atoms with Crippen molar-refractivity contribution in [2.24, 2.45) is 13.0 Å². The Bertz CT molecular complexity index is 1310. The van der Waals surface area contributed by atoms with Crippen LogP contribution in [0.3, 0.4) is 0 Å². The second-order valence-electron chi connectivity index (χ2n) is 9.24. The van der Waals surface area contributed by atoms with Crippen molar-refractivity contribution in [3.63, 3.8) is 0 Å². The standard InChI is InChI=1S/C22H33N5O7S2/c1-15-10-27(16(2)13-28)22(29)9-17-8-18(24-36(32,33)21-12-25(3)14-23-21)6-7-19(17)34-20(15)11-26(4)35(5,30)31/h6-8,12,14-16,20,24,28H,9-11,13H2,1-5H3/t15-,16-,20-/m0/s1. The zero-order valence-electron chi connectivity index (χ0n) is 20.9. The third kappa shape index (κ3) is 6.55. The molecule has 0 unspecified atom stereocenters. The van der Waals surface area contributed by atoms with E-state index >= 15 is 0 Å². The van der Waals surface area contributed by atoms with Gasteiger partial charge in [0.2, 0.25) is 15.9 Å². The van der Waals surface area contributed by atoms with Crippen LogP contribution in [-0.4, -0.2) is 91.8 Å². The number of fused-ring (bicyclic) bond motifs is 1. The number of sulfonamides is 2. The van der Waals surface area contributed by atoms with E-state index in [1.54, 1.807) is 24.9 Å². The average Bonchev–Trinajstić information content (AvgIpc) is 3.24. The number of amides is 1. The van der Waals surface area contributed by atoms with Gasteiger partial charge in [-0.2, -0.15) is 8.42 Å². The van der Waals surface area contributed by atoms with Crippen LogP contribution in [0, 0.1) is 5.92 Å². The summed E-state index contributed by atoms with van der Waals surface area (Å²) in [5.41, 5.74) is 0.645. The summed E-state index contributed by atoms with van der Waals surface area (Å²) >= 11 is 0. The number of aliphatic hydroxyl groups is 1. The highest BCUT2D eigenvalue weighted by atomic mass is 32.2. The van der Waals surface area contributed by atoms with Crippen molar-refractivity contribution in [2.75, 3.05) is 37.7 Å². The molecule has 0 saturated heterocycles. The molecule has 0 aliphatic carbocycles. The lowest BCUT2D eigenvalue weighted by atomic mass is 10.0. The van der Waals surface area contributed by atoms with Gasteiger partial charge in [-0.3, -0.25) is 9.52 Å². The van der Waals surface area contributed by atoms with Gasteiger partial charge in [-0.05, 0) is 25.1 Å². The van der Waals surface area contributed by atoms with Crippen molar-refractivity contribution in [1.82, 2.24) is 18.8 Å². The maximum atomic E-state index is 13.2. The highest BCUT2D eigenvalue weighted by molar-refractivity contribution is 7.92. The number of likely N-dealkylation sites (N-methyl/N-ethyl adjacent to an activating group) is 1. The molecule has 2 heterocycles. The molecule has 2 aromatic rings. The Hall–Kier alpha value is -2.68. The highest BCUT2D eigenvalue weighted by Gasteiger charge is 2.32. The maximum Gasteiger partial charge on any atom is 0.280 e. The number of aryl methyl sites for hydroxylation is 1. The summed E-state index contributed by atoms with van der Waals surface area (Å²) in [6.45, 7) is 3.62. The number of nitrogens with zero attached hydrogens (tertiary/aromatic N) is 4. The van der Waals surface area contributed by atoms with Gasteiger partial charge in [-0.15, -0.1) is 0 Å². The largest absolute Gasteiger partial charge is 0.488 e. The summed E-state index contributed by atoms with van der Waals surface area (Å²) < 4.78 is 61.0. The molecule has 1 aromatic heterocycles. The van der Waals surface area contributed by atoms with Crippen LogP contribution >= 0.6 is 0 Å². The summed E-state index contributed by atoms with van der Waals surface area (Å²) in [6, 6.07) is 4.12. The Balaban J connectivity index is 2.00. The minimum atomic E-state index is -3.96. The summed E-state index contributed by atoms with van der Waals surface area (Å²) in [6.07, 6.45) is 3.13.